The summed E-state index contributed by atoms with van der Waals surface area (Å²) in [4.78, 5) is 13.8. The number of fused-ring (bicyclic) bond motifs is 1. The Hall–Kier alpha value is -2.24. The number of carbonyl (C=O) groups is 1. The van der Waals surface area contributed by atoms with Crippen molar-refractivity contribution in [3.05, 3.63) is 52.0 Å². The number of primary sulfonamides is 1. The van der Waals surface area contributed by atoms with Crippen LogP contribution in [-0.4, -0.2) is 32.2 Å². The molecule has 1 aliphatic rings. The molecule has 0 saturated carbocycles. The molecule has 0 atom stereocenters. The van der Waals surface area contributed by atoms with E-state index in [2.05, 4.69) is 15.8 Å². The molecule has 2 aromatic rings. The van der Waals surface area contributed by atoms with Gasteiger partial charge in [-0.15, -0.1) is 0 Å². The number of likely N-dealkylation sites (N-methyl/N-ethyl adjacent to an activating group) is 1. The van der Waals surface area contributed by atoms with Crippen LogP contribution in [0.5, 0.6) is 0 Å². The van der Waals surface area contributed by atoms with Gasteiger partial charge in [0.2, 0.25) is 10.0 Å². The van der Waals surface area contributed by atoms with Gasteiger partial charge in [-0.2, -0.15) is 5.10 Å². The number of amides is 1. The second-order valence-electron chi connectivity index (χ2n) is 5.75. The minimum Gasteiger partial charge on any atom is -0.331 e. The number of nitrogens with two attached hydrogens (primary N) is 1. The van der Waals surface area contributed by atoms with E-state index in [-0.39, 0.29) is 21.6 Å². The van der Waals surface area contributed by atoms with E-state index >= 15 is 0 Å². The smallest absolute Gasteiger partial charge is 0.279 e. The van der Waals surface area contributed by atoms with Gasteiger partial charge in [0.15, 0.2) is 10.8 Å². The maximum Gasteiger partial charge on any atom is 0.279 e. The molecule has 28 heavy (non-hydrogen) atoms. The maximum atomic E-state index is 12.5. The number of nitrogens with one attached hydrogen (secondary N) is 2. The lowest BCUT2D eigenvalue weighted by Crippen LogP contribution is -2.30. The summed E-state index contributed by atoms with van der Waals surface area (Å²) >= 11 is 17.3. The molecule has 3 rings (SSSR count). The highest BCUT2D eigenvalue weighted by atomic mass is 35.5. The van der Waals surface area contributed by atoms with Crippen LogP contribution in [0.2, 0.25) is 10.0 Å². The zero-order valence-electron chi connectivity index (χ0n) is 14.2. The van der Waals surface area contributed by atoms with Crippen LogP contribution in [0.3, 0.4) is 0 Å². The highest BCUT2D eigenvalue weighted by Crippen LogP contribution is 2.37. The van der Waals surface area contributed by atoms with E-state index in [9.17, 15) is 13.2 Å². The summed E-state index contributed by atoms with van der Waals surface area (Å²) in [5.41, 5.74) is 3.99. The number of anilines is 2. The van der Waals surface area contributed by atoms with E-state index < -0.39 is 10.0 Å². The molecular formula is C16H13Cl2N5O3S2. The Morgan fingerprint density at radius 1 is 1.25 bits per heavy atom. The quantitative estimate of drug-likeness (QED) is 0.480. The van der Waals surface area contributed by atoms with Gasteiger partial charge >= 0.3 is 0 Å². The molecule has 146 valence electrons. The van der Waals surface area contributed by atoms with E-state index in [0.29, 0.717) is 27.0 Å². The van der Waals surface area contributed by atoms with Crippen molar-refractivity contribution in [1.29, 1.82) is 0 Å². The first-order valence-corrected chi connectivity index (χ1v) is 10.3. The third kappa shape index (κ3) is 4.10. The molecule has 1 aliphatic heterocycles. The Bertz CT molecular complexity index is 1140. The Morgan fingerprint density at radius 2 is 1.96 bits per heavy atom. The molecule has 0 saturated heterocycles. The molecule has 1 amide bonds. The lowest BCUT2D eigenvalue weighted by Gasteiger charge is -2.10. The lowest BCUT2D eigenvalue weighted by molar-refractivity contribution is -0.111. The Balaban J connectivity index is 1.82. The minimum absolute atomic E-state index is 0.0381. The van der Waals surface area contributed by atoms with Gasteiger partial charge in [0.25, 0.3) is 5.91 Å². The van der Waals surface area contributed by atoms with Crippen LogP contribution in [0.1, 0.15) is 5.56 Å². The third-order valence-corrected chi connectivity index (χ3v) is 5.43. The molecular weight excluding hydrogens is 445 g/mol. The maximum absolute atomic E-state index is 12.5. The summed E-state index contributed by atoms with van der Waals surface area (Å²) in [7, 11) is -2.28. The summed E-state index contributed by atoms with van der Waals surface area (Å²) in [6.45, 7) is 0. The van der Waals surface area contributed by atoms with E-state index in [0.717, 1.165) is 0 Å². The minimum atomic E-state index is -3.85. The zero-order chi connectivity index (χ0) is 20.6. The number of hydrogen-bond acceptors (Lipinski definition) is 5. The molecule has 8 nitrogen and oxygen atoms in total. The molecule has 0 unspecified atom stereocenters. The van der Waals surface area contributed by atoms with Crippen LogP contribution in [0.4, 0.5) is 11.4 Å². The van der Waals surface area contributed by atoms with Gasteiger partial charge in [0.1, 0.15) is 0 Å². The van der Waals surface area contributed by atoms with E-state index in [4.69, 9.17) is 40.6 Å². The van der Waals surface area contributed by atoms with Crippen molar-refractivity contribution in [3.63, 3.8) is 0 Å². The number of sulfonamides is 1. The number of nitrogens with zero attached hydrogens (tertiary/aromatic N) is 2. The summed E-state index contributed by atoms with van der Waals surface area (Å²) in [6, 6.07) is 8.89. The van der Waals surface area contributed by atoms with Gasteiger partial charge in [-0.1, -0.05) is 29.3 Å². The van der Waals surface area contributed by atoms with E-state index in [1.165, 1.54) is 29.2 Å². The van der Waals surface area contributed by atoms with Crippen LogP contribution in [0, 0.1) is 0 Å². The summed E-state index contributed by atoms with van der Waals surface area (Å²) in [5.74, 6) is -0.384. The summed E-state index contributed by atoms with van der Waals surface area (Å²) in [5, 5.41) is 12.7. The molecule has 0 fully saturated rings. The van der Waals surface area contributed by atoms with Gasteiger partial charge in [-0.05, 0) is 42.5 Å². The Morgan fingerprint density at radius 3 is 2.64 bits per heavy atom. The van der Waals surface area contributed by atoms with Gasteiger partial charge in [-0.3, -0.25) is 10.2 Å². The van der Waals surface area contributed by atoms with Crippen LogP contribution < -0.4 is 20.8 Å². The Labute approximate surface area is 176 Å². The Kier molecular flexibility index (Phi) is 5.60. The van der Waals surface area contributed by atoms with E-state index in [1.807, 2.05) is 0 Å². The first-order valence-electron chi connectivity index (χ1n) is 7.63. The molecule has 12 heteroatoms. The van der Waals surface area contributed by atoms with Crippen molar-refractivity contribution in [2.45, 2.75) is 4.90 Å². The molecule has 2 aromatic carbocycles. The van der Waals surface area contributed by atoms with Gasteiger partial charge in [-0.25, -0.2) is 13.6 Å². The molecule has 1 heterocycles. The molecule has 4 N–H and O–H groups in total. The lowest BCUT2D eigenvalue weighted by atomic mass is 10.1. The van der Waals surface area contributed by atoms with Crippen molar-refractivity contribution >= 4 is 73.5 Å². The average molecular weight is 458 g/mol. The second kappa shape index (κ2) is 7.64. The number of benzene rings is 2. The number of thiocarbonyl (C=S) groups is 1. The monoisotopic (exact) mass is 457 g/mol. The standard InChI is InChI=1S/C16H13Cl2N5O3S2/c1-23-14-11(5-8(17)6-12(14)18)13(15(23)24)21-22-16(27)20-9-3-2-4-10(7-9)28(19,25)26/h2-7H,1H3,(H2,19,25,26)(H2,20,22,27). The fourth-order valence-electron chi connectivity index (χ4n) is 2.59. The highest BCUT2D eigenvalue weighted by Gasteiger charge is 2.34. The predicted molar refractivity (Wildman–Crippen MR) is 114 cm³/mol. The fraction of sp³-hybridized carbons (Fsp3) is 0.0625. The van der Waals surface area contributed by atoms with Gasteiger partial charge < -0.3 is 10.2 Å². The average Bonchev–Trinajstić information content (AvgIpc) is 2.83. The molecule has 0 bridgehead atoms. The number of halogens is 2. The second-order valence-corrected chi connectivity index (χ2v) is 8.56. The SMILES string of the molecule is CN1C(=O)C(=NNC(=S)Nc2cccc(S(N)(=O)=O)c2)c2cc(Cl)cc(Cl)c21. The first kappa shape index (κ1) is 20.5. The van der Waals surface area contributed by atoms with Crippen molar-refractivity contribution in [2.75, 3.05) is 17.3 Å². The number of carbonyl (C=O) groups excluding carboxylic acids is 1. The van der Waals surface area contributed by atoms with Crippen molar-refractivity contribution < 1.29 is 13.2 Å². The fourth-order valence-corrected chi connectivity index (χ4v) is 3.93. The molecule has 0 spiro atoms. The number of hydrogen-bond donors (Lipinski definition) is 3. The van der Waals surface area contributed by atoms with Crippen LogP contribution >= 0.6 is 35.4 Å². The van der Waals surface area contributed by atoms with Crippen LogP contribution in [0.15, 0.2) is 46.4 Å². The van der Waals surface area contributed by atoms with Crippen molar-refractivity contribution in [1.82, 2.24) is 5.43 Å². The highest BCUT2D eigenvalue weighted by molar-refractivity contribution is 7.89. The molecule has 0 aromatic heterocycles. The van der Waals surface area contributed by atoms with Gasteiger partial charge in [0, 0.05) is 23.3 Å². The molecule has 0 radical (unpaired) electrons. The largest absolute Gasteiger partial charge is 0.331 e. The first-order chi connectivity index (χ1) is 13.1. The van der Waals surface area contributed by atoms with Gasteiger partial charge in [0.05, 0.1) is 15.6 Å². The predicted octanol–water partition coefficient (Wildman–Crippen LogP) is 2.31. The third-order valence-electron chi connectivity index (χ3n) is 3.82. The van der Waals surface area contributed by atoms with Crippen molar-refractivity contribution in [3.8, 4) is 0 Å². The van der Waals surface area contributed by atoms with Crippen LogP contribution in [0.25, 0.3) is 0 Å². The topological polar surface area (TPSA) is 117 Å². The normalized spacial score (nSPS) is 14.9. The van der Waals surface area contributed by atoms with Crippen LogP contribution in [-0.2, 0) is 14.8 Å². The van der Waals surface area contributed by atoms with Crippen molar-refractivity contribution in [2.24, 2.45) is 10.2 Å². The summed E-state index contributed by atoms with van der Waals surface area (Å²) in [6.07, 6.45) is 0. The number of hydrazone groups is 1. The summed E-state index contributed by atoms with van der Waals surface area (Å²) < 4.78 is 22.9. The van der Waals surface area contributed by atoms with E-state index in [1.54, 1.807) is 19.2 Å². The zero-order valence-corrected chi connectivity index (χ0v) is 17.4. The number of rotatable bonds is 3. The molecule has 0 aliphatic carbocycles.